The number of carbonyl (C=O) groups is 6. The van der Waals surface area contributed by atoms with Crippen molar-refractivity contribution in [1.29, 1.82) is 0 Å². The average Bonchev–Trinajstić information content (AvgIpc) is 3.03. The maximum absolute atomic E-state index is 12.2. The molecular formula is C32H58N4O11. The predicted octanol–water partition coefficient (Wildman–Crippen LogP) is 1.91. The van der Waals surface area contributed by atoms with Crippen molar-refractivity contribution in [3.63, 3.8) is 0 Å². The van der Waals surface area contributed by atoms with Crippen molar-refractivity contribution < 1.29 is 53.2 Å². The Hall–Kier alpha value is -3.30. The van der Waals surface area contributed by atoms with Gasteiger partial charge in [0.15, 0.2) is 0 Å². The van der Waals surface area contributed by atoms with Gasteiger partial charge in [-0.1, -0.05) is 58.3 Å². The molecule has 0 aliphatic carbocycles. The summed E-state index contributed by atoms with van der Waals surface area (Å²) in [7, 11) is 0. The van der Waals surface area contributed by atoms with Crippen molar-refractivity contribution in [2.24, 2.45) is 0 Å². The number of unbranched alkanes of at least 4 members (excludes halogenated alkanes) is 9. The molecule has 0 aromatic rings. The van der Waals surface area contributed by atoms with E-state index in [0.29, 0.717) is 39.1 Å². The fourth-order valence-corrected chi connectivity index (χ4v) is 4.31. The highest BCUT2D eigenvalue weighted by Gasteiger charge is 2.20. The summed E-state index contributed by atoms with van der Waals surface area (Å²) in [5.41, 5.74) is 0. The lowest BCUT2D eigenvalue weighted by Crippen LogP contribution is -2.41. The van der Waals surface area contributed by atoms with Crippen LogP contribution in [0.1, 0.15) is 103 Å². The molecule has 4 amide bonds. The van der Waals surface area contributed by atoms with Gasteiger partial charge in [-0.3, -0.25) is 24.0 Å². The summed E-state index contributed by atoms with van der Waals surface area (Å²) >= 11 is 0. The number of nitrogens with one attached hydrogen (secondary N) is 4. The van der Waals surface area contributed by atoms with Gasteiger partial charge in [-0.15, -0.1) is 0 Å². The molecule has 1 unspecified atom stereocenters. The van der Waals surface area contributed by atoms with Gasteiger partial charge >= 0.3 is 11.9 Å². The largest absolute Gasteiger partial charge is 0.481 e. The third-order valence-electron chi connectivity index (χ3n) is 6.97. The highest BCUT2D eigenvalue weighted by Crippen LogP contribution is 2.12. The van der Waals surface area contributed by atoms with E-state index in [1.54, 1.807) is 6.92 Å². The number of hydrogen-bond donors (Lipinski definition) is 6. The van der Waals surface area contributed by atoms with E-state index in [-0.39, 0.29) is 82.3 Å². The minimum Gasteiger partial charge on any atom is -0.481 e. The van der Waals surface area contributed by atoms with Crippen molar-refractivity contribution in [3.8, 4) is 0 Å². The molecule has 272 valence electrons. The Bertz CT molecular complexity index is 889. The van der Waals surface area contributed by atoms with Gasteiger partial charge < -0.3 is 45.7 Å². The van der Waals surface area contributed by atoms with E-state index >= 15 is 0 Å². The first-order chi connectivity index (χ1) is 22.6. The SMILES string of the molecule is CCC(=O)NCCOCCNC(=O)COCCOCCNC(=O)CCC(NC(=O)CCCCCCCCCCCCC(=O)O)C(=O)O. The summed E-state index contributed by atoms with van der Waals surface area (Å²) in [5.74, 6) is -2.96. The zero-order valence-corrected chi connectivity index (χ0v) is 28.1. The van der Waals surface area contributed by atoms with Gasteiger partial charge in [-0.05, 0) is 19.3 Å². The number of amides is 4. The number of rotatable bonds is 33. The second kappa shape index (κ2) is 31.3. The van der Waals surface area contributed by atoms with Crippen LogP contribution in [0.15, 0.2) is 0 Å². The Morgan fingerprint density at radius 3 is 1.53 bits per heavy atom. The quantitative estimate of drug-likeness (QED) is 0.0552. The molecule has 0 aromatic heterocycles. The van der Waals surface area contributed by atoms with Crippen molar-refractivity contribution in [3.05, 3.63) is 0 Å². The van der Waals surface area contributed by atoms with Gasteiger partial charge in [0.1, 0.15) is 12.6 Å². The number of ether oxygens (including phenoxy) is 3. The number of aliphatic carboxylic acids is 2. The second-order valence-electron chi connectivity index (χ2n) is 11.1. The lowest BCUT2D eigenvalue weighted by molar-refractivity contribution is -0.142. The van der Waals surface area contributed by atoms with E-state index in [1.807, 2.05) is 0 Å². The van der Waals surface area contributed by atoms with Crippen molar-refractivity contribution in [2.75, 3.05) is 59.3 Å². The molecule has 47 heavy (non-hydrogen) atoms. The highest BCUT2D eigenvalue weighted by molar-refractivity contribution is 5.84. The molecule has 0 saturated heterocycles. The second-order valence-corrected chi connectivity index (χ2v) is 11.1. The van der Waals surface area contributed by atoms with Crippen LogP contribution in [-0.4, -0.2) is 111 Å². The summed E-state index contributed by atoms with van der Waals surface area (Å²) in [4.78, 5) is 69.1. The fourth-order valence-electron chi connectivity index (χ4n) is 4.31. The molecule has 0 heterocycles. The summed E-state index contributed by atoms with van der Waals surface area (Å²) in [6, 6.07) is -1.14. The molecule has 0 bridgehead atoms. The van der Waals surface area contributed by atoms with E-state index in [4.69, 9.17) is 19.3 Å². The van der Waals surface area contributed by atoms with Crippen LogP contribution in [0.2, 0.25) is 0 Å². The summed E-state index contributed by atoms with van der Waals surface area (Å²) in [6.45, 7) is 3.90. The molecule has 6 N–H and O–H groups in total. The van der Waals surface area contributed by atoms with E-state index in [1.165, 1.54) is 0 Å². The highest BCUT2D eigenvalue weighted by atomic mass is 16.5. The number of carboxylic acids is 2. The zero-order chi connectivity index (χ0) is 35.0. The number of hydrogen-bond acceptors (Lipinski definition) is 9. The van der Waals surface area contributed by atoms with Crippen molar-refractivity contribution in [1.82, 2.24) is 21.3 Å². The first-order valence-electron chi connectivity index (χ1n) is 16.9. The molecule has 0 spiro atoms. The van der Waals surface area contributed by atoms with Crippen LogP contribution >= 0.6 is 0 Å². The minimum atomic E-state index is -1.19. The van der Waals surface area contributed by atoms with E-state index in [2.05, 4.69) is 21.3 Å². The molecule has 15 heteroatoms. The molecule has 0 rings (SSSR count). The van der Waals surface area contributed by atoms with Crippen LogP contribution in [0.3, 0.4) is 0 Å². The molecule has 15 nitrogen and oxygen atoms in total. The van der Waals surface area contributed by atoms with Gasteiger partial charge in [0.25, 0.3) is 0 Å². The third kappa shape index (κ3) is 31.1. The van der Waals surface area contributed by atoms with Crippen LogP contribution in [-0.2, 0) is 43.0 Å². The summed E-state index contributed by atoms with van der Waals surface area (Å²) in [6.07, 6.45) is 10.5. The fraction of sp³-hybridized carbons (Fsp3) is 0.812. The lowest BCUT2D eigenvalue weighted by atomic mass is 10.0. The standard InChI is InChI=1S/C32H58N4O11/c1-2-27(37)33-17-20-45-21-19-35-30(40)25-47-24-23-46-22-18-34-28(38)16-15-26(32(43)44)36-29(39)13-11-9-7-5-3-4-6-8-10-12-14-31(41)42/h26H,2-25H2,1H3,(H,33,37)(H,34,38)(H,35,40)(H,36,39)(H,41,42)(H,43,44). The molecule has 0 aromatic carbocycles. The first kappa shape index (κ1) is 43.7. The van der Waals surface area contributed by atoms with Gasteiger partial charge in [0.2, 0.25) is 23.6 Å². The molecule has 1 atom stereocenters. The van der Waals surface area contributed by atoms with Crippen LogP contribution in [0.4, 0.5) is 0 Å². The number of carboxylic acid groups (broad SMARTS) is 2. The Morgan fingerprint density at radius 1 is 0.532 bits per heavy atom. The maximum atomic E-state index is 12.2. The first-order valence-corrected chi connectivity index (χ1v) is 16.9. The molecule has 0 aliphatic rings. The zero-order valence-electron chi connectivity index (χ0n) is 28.1. The molecule has 0 radical (unpaired) electrons. The van der Waals surface area contributed by atoms with E-state index in [0.717, 1.165) is 57.8 Å². The Balaban J connectivity index is 3.71. The Morgan fingerprint density at radius 2 is 1.00 bits per heavy atom. The van der Waals surface area contributed by atoms with Crippen molar-refractivity contribution >= 4 is 35.6 Å². The monoisotopic (exact) mass is 674 g/mol. The average molecular weight is 675 g/mol. The molecule has 0 saturated carbocycles. The minimum absolute atomic E-state index is 0.0245. The molecular weight excluding hydrogens is 616 g/mol. The van der Waals surface area contributed by atoms with Crippen LogP contribution in [0.25, 0.3) is 0 Å². The van der Waals surface area contributed by atoms with Gasteiger partial charge in [-0.2, -0.15) is 0 Å². The van der Waals surface area contributed by atoms with Crippen LogP contribution < -0.4 is 21.3 Å². The maximum Gasteiger partial charge on any atom is 0.326 e. The summed E-state index contributed by atoms with van der Waals surface area (Å²) < 4.78 is 15.9. The van der Waals surface area contributed by atoms with E-state index < -0.39 is 18.0 Å². The summed E-state index contributed by atoms with van der Waals surface area (Å²) in [5, 5.41) is 28.5. The topological polar surface area (TPSA) is 219 Å². The molecule has 0 fully saturated rings. The van der Waals surface area contributed by atoms with E-state index in [9.17, 15) is 33.9 Å². The van der Waals surface area contributed by atoms with Crippen LogP contribution in [0, 0.1) is 0 Å². The van der Waals surface area contributed by atoms with Gasteiger partial charge in [-0.25, -0.2) is 4.79 Å². The van der Waals surface area contributed by atoms with Crippen LogP contribution in [0.5, 0.6) is 0 Å². The lowest BCUT2D eigenvalue weighted by Gasteiger charge is -2.14. The third-order valence-corrected chi connectivity index (χ3v) is 6.97. The number of carbonyl (C=O) groups excluding carboxylic acids is 4. The normalized spacial score (nSPS) is 11.4. The smallest absolute Gasteiger partial charge is 0.326 e. The Labute approximate surface area is 278 Å². The predicted molar refractivity (Wildman–Crippen MR) is 174 cm³/mol. The van der Waals surface area contributed by atoms with Gasteiger partial charge in [0.05, 0.1) is 33.0 Å². The molecule has 0 aliphatic heterocycles. The van der Waals surface area contributed by atoms with Gasteiger partial charge in [0, 0.05) is 45.3 Å². The van der Waals surface area contributed by atoms with Crippen molar-refractivity contribution in [2.45, 2.75) is 109 Å². The Kier molecular flexibility index (Phi) is 29.1.